The Morgan fingerprint density at radius 2 is 1.97 bits per heavy atom. The summed E-state index contributed by atoms with van der Waals surface area (Å²) in [7, 11) is 0. The Labute approximate surface area is 192 Å². The van der Waals surface area contributed by atoms with E-state index in [4.69, 9.17) is 0 Å². The van der Waals surface area contributed by atoms with Crippen molar-refractivity contribution in [2.75, 3.05) is 19.6 Å². The summed E-state index contributed by atoms with van der Waals surface area (Å²) in [5, 5.41) is 5.07. The highest BCUT2D eigenvalue weighted by atomic mass is 32.1. The smallest absolute Gasteiger partial charge is 0.257 e. The van der Waals surface area contributed by atoms with Crippen LogP contribution in [0.4, 0.5) is 0 Å². The number of likely N-dealkylation sites (tertiary alicyclic amines) is 1. The molecule has 3 heterocycles. The molecule has 0 saturated carbocycles. The first-order chi connectivity index (χ1) is 15.4. The number of carbonyl (C=O) groups is 2. The lowest BCUT2D eigenvalue weighted by Gasteiger charge is -2.28. The fourth-order valence-electron chi connectivity index (χ4n) is 4.39. The van der Waals surface area contributed by atoms with Crippen LogP contribution < -0.4 is 5.32 Å². The number of amides is 2. The predicted molar refractivity (Wildman–Crippen MR) is 127 cm³/mol. The lowest BCUT2D eigenvalue weighted by molar-refractivity contribution is -0.130. The van der Waals surface area contributed by atoms with Gasteiger partial charge in [0.15, 0.2) is 0 Å². The molecule has 0 bridgehead atoms. The van der Waals surface area contributed by atoms with Gasteiger partial charge in [-0.2, -0.15) is 0 Å². The van der Waals surface area contributed by atoms with Crippen molar-refractivity contribution in [2.45, 2.75) is 33.6 Å². The zero-order chi connectivity index (χ0) is 22.7. The zero-order valence-corrected chi connectivity index (χ0v) is 19.5. The van der Waals surface area contributed by atoms with Crippen molar-refractivity contribution in [1.29, 1.82) is 0 Å². The van der Waals surface area contributed by atoms with Crippen LogP contribution >= 0.6 is 11.3 Å². The summed E-state index contributed by atoms with van der Waals surface area (Å²) in [6, 6.07) is 12.6. The van der Waals surface area contributed by atoms with Crippen LogP contribution in [0.5, 0.6) is 0 Å². The minimum absolute atomic E-state index is 0.00881. The molecule has 1 atom stereocenters. The fraction of sp³-hybridized carbons (Fsp3) is 0.360. The summed E-state index contributed by atoms with van der Waals surface area (Å²) in [6.07, 6.45) is 2.81. The van der Waals surface area contributed by atoms with Gasteiger partial charge in [0, 0.05) is 30.7 Å². The van der Waals surface area contributed by atoms with Crippen LogP contribution in [0.1, 0.15) is 40.8 Å². The minimum Gasteiger partial charge on any atom is -0.356 e. The molecule has 0 unspecified atom stereocenters. The number of aromatic nitrogens is 2. The van der Waals surface area contributed by atoms with Gasteiger partial charge in [0.05, 0.1) is 16.7 Å². The van der Waals surface area contributed by atoms with E-state index in [1.807, 2.05) is 19.9 Å². The first-order valence-corrected chi connectivity index (χ1v) is 11.8. The molecule has 1 N–H and O–H groups in total. The molecule has 0 spiro atoms. The molecule has 2 aromatic heterocycles. The van der Waals surface area contributed by atoms with Crippen molar-refractivity contribution in [1.82, 2.24) is 20.2 Å². The molecule has 0 radical (unpaired) electrons. The number of nitrogens with zero attached hydrogens (tertiary/aromatic N) is 3. The number of hydrogen-bond acceptors (Lipinski definition) is 5. The number of nitrogens with one attached hydrogen (secondary N) is 1. The molecule has 4 rings (SSSR count). The van der Waals surface area contributed by atoms with E-state index in [2.05, 4.69) is 51.0 Å². The largest absolute Gasteiger partial charge is 0.356 e. The van der Waals surface area contributed by atoms with Crippen LogP contribution in [0.3, 0.4) is 0 Å². The van der Waals surface area contributed by atoms with Crippen LogP contribution in [0.2, 0.25) is 0 Å². The maximum atomic E-state index is 13.2. The highest BCUT2D eigenvalue weighted by Gasteiger charge is 2.46. The van der Waals surface area contributed by atoms with Crippen molar-refractivity contribution in [2.24, 2.45) is 5.41 Å². The molecule has 1 fully saturated rings. The topological polar surface area (TPSA) is 75.2 Å². The predicted octanol–water partition coefficient (Wildman–Crippen LogP) is 4.03. The van der Waals surface area contributed by atoms with Gasteiger partial charge in [-0.15, -0.1) is 11.3 Å². The molecule has 1 aliphatic heterocycles. The number of rotatable bonds is 6. The van der Waals surface area contributed by atoms with Gasteiger partial charge in [-0.1, -0.05) is 30.3 Å². The summed E-state index contributed by atoms with van der Waals surface area (Å²) >= 11 is 1.71. The van der Waals surface area contributed by atoms with Gasteiger partial charge in [-0.25, -0.2) is 9.97 Å². The number of aryl methyl sites for hydroxylation is 2. The molecule has 7 heteroatoms. The molecule has 3 aromatic rings. The second-order valence-corrected chi connectivity index (χ2v) is 9.33. The molecule has 32 heavy (non-hydrogen) atoms. The van der Waals surface area contributed by atoms with Gasteiger partial charge < -0.3 is 10.2 Å². The minimum atomic E-state index is -0.643. The van der Waals surface area contributed by atoms with E-state index in [1.54, 1.807) is 29.4 Å². The van der Waals surface area contributed by atoms with E-state index in [9.17, 15) is 9.59 Å². The van der Waals surface area contributed by atoms with Crippen LogP contribution in [0.15, 0.2) is 48.0 Å². The van der Waals surface area contributed by atoms with Gasteiger partial charge in [-0.3, -0.25) is 9.59 Å². The summed E-state index contributed by atoms with van der Waals surface area (Å²) in [6.45, 7) is 7.04. The summed E-state index contributed by atoms with van der Waals surface area (Å²) in [5.74, 6) is 0.541. The highest BCUT2D eigenvalue weighted by molar-refractivity contribution is 7.13. The lowest BCUT2D eigenvalue weighted by atomic mass is 9.79. The molecule has 1 saturated heterocycles. The van der Waals surface area contributed by atoms with Crippen molar-refractivity contribution < 1.29 is 9.59 Å². The third-order valence-corrected chi connectivity index (χ3v) is 7.01. The molecule has 1 aliphatic rings. The summed E-state index contributed by atoms with van der Waals surface area (Å²) in [5.41, 5.74) is 2.80. The Kier molecular flexibility index (Phi) is 6.37. The van der Waals surface area contributed by atoms with Crippen molar-refractivity contribution in [3.8, 4) is 10.4 Å². The molecular formula is C25H28N4O2S. The maximum absolute atomic E-state index is 13.2. The van der Waals surface area contributed by atoms with E-state index >= 15 is 0 Å². The number of thiophene rings is 1. The van der Waals surface area contributed by atoms with Crippen LogP contribution in [0, 0.1) is 19.3 Å². The second-order valence-electron chi connectivity index (χ2n) is 8.38. The van der Waals surface area contributed by atoms with Crippen molar-refractivity contribution in [3.05, 3.63) is 70.6 Å². The Bertz CT molecular complexity index is 1110. The van der Waals surface area contributed by atoms with E-state index < -0.39 is 5.41 Å². The lowest BCUT2D eigenvalue weighted by Crippen LogP contribution is -2.45. The van der Waals surface area contributed by atoms with Gasteiger partial charge in [0.25, 0.3) is 5.91 Å². The maximum Gasteiger partial charge on any atom is 0.257 e. The van der Waals surface area contributed by atoms with Crippen molar-refractivity contribution in [3.63, 3.8) is 0 Å². The Hall–Kier alpha value is -3.06. The van der Waals surface area contributed by atoms with E-state index in [0.717, 1.165) is 5.56 Å². The standard InChI is InChI=1S/C25H28N4O2S/c1-4-26-24(31)25(14-19-7-9-20(10-8-19)22-6-5-13-32-22)11-12-29(16-25)23(30)21-15-27-18(3)28-17(21)2/h5-10,13,15H,4,11-12,14,16H2,1-3H3,(H,26,31)/t25-/m0/s1. The second kappa shape index (κ2) is 9.20. The Morgan fingerprint density at radius 3 is 2.62 bits per heavy atom. The van der Waals surface area contributed by atoms with Crippen LogP contribution in [-0.4, -0.2) is 46.3 Å². The molecule has 0 aliphatic carbocycles. The number of benzene rings is 1. The SMILES string of the molecule is CCNC(=O)[C@]1(Cc2ccc(-c3cccs3)cc2)CCN(C(=O)c2cnc(C)nc2C)C1. The highest BCUT2D eigenvalue weighted by Crippen LogP contribution is 2.36. The van der Waals surface area contributed by atoms with E-state index in [-0.39, 0.29) is 11.8 Å². The van der Waals surface area contributed by atoms with E-state index in [1.165, 1.54) is 10.4 Å². The molecule has 6 nitrogen and oxygen atoms in total. The summed E-state index contributed by atoms with van der Waals surface area (Å²) in [4.78, 5) is 37.9. The Balaban J connectivity index is 1.56. The zero-order valence-electron chi connectivity index (χ0n) is 18.7. The monoisotopic (exact) mass is 448 g/mol. The van der Waals surface area contributed by atoms with Crippen molar-refractivity contribution >= 4 is 23.2 Å². The van der Waals surface area contributed by atoms with Crippen LogP contribution in [-0.2, 0) is 11.2 Å². The molecule has 1 aromatic carbocycles. The van der Waals surface area contributed by atoms with Gasteiger partial charge in [-0.05, 0) is 56.2 Å². The van der Waals surface area contributed by atoms with Gasteiger partial charge in [0.2, 0.25) is 5.91 Å². The number of carbonyl (C=O) groups excluding carboxylic acids is 2. The average Bonchev–Trinajstić information content (AvgIpc) is 3.45. The fourth-order valence-corrected chi connectivity index (χ4v) is 5.12. The number of hydrogen-bond donors (Lipinski definition) is 1. The third-order valence-electron chi connectivity index (χ3n) is 6.09. The van der Waals surface area contributed by atoms with Gasteiger partial charge >= 0.3 is 0 Å². The Morgan fingerprint density at radius 1 is 1.19 bits per heavy atom. The quantitative estimate of drug-likeness (QED) is 0.618. The van der Waals surface area contributed by atoms with Gasteiger partial charge in [0.1, 0.15) is 5.82 Å². The normalized spacial score (nSPS) is 18.0. The third kappa shape index (κ3) is 4.43. The first-order valence-electron chi connectivity index (χ1n) is 10.9. The van der Waals surface area contributed by atoms with E-state index in [0.29, 0.717) is 49.6 Å². The first kappa shape index (κ1) is 22.1. The molecule has 166 valence electrons. The molecule has 2 amide bonds. The summed E-state index contributed by atoms with van der Waals surface area (Å²) < 4.78 is 0. The molecular weight excluding hydrogens is 420 g/mol. The average molecular weight is 449 g/mol. The van der Waals surface area contributed by atoms with Crippen LogP contribution in [0.25, 0.3) is 10.4 Å².